The standard InChI is InChI=1S/C21H13BrN2O2/c1-11-2-5-13(6-3-11)24-16-8-9-17(25)20-19(16)18(21(24)26)14-10-12(22)4-7-15(14)23-20/h2-8,10H,9H2,1H3. The van der Waals surface area contributed by atoms with Crippen LogP contribution in [-0.2, 0) is 0 Å². The number of benzene rings is 2. The molecule has 5 heteroatoms. The van der Waals surface area contributed by atoms with Gasteiger partial charge in [-0.15, -0.1) is 0 Å². The van der Waals surface area contributed by atoms with Crippen LogP contribution in [-0.4, -0.2) is 16.7 Å². The Hall–Kier alpha value is -2.79. The summed E-state index contributed by atoms with van der Waals surface area (Å²) in [6.45, 7) is 2.01. The van der Waals surface area contributed by atoms with Crippen LogP contribution in [0.3, 0.4) is 0 Å². The van der Waals surface area contributed by atoms with Gasteiger partial charge in [0.1, 0.15) is 5.69 Å². The van der Waals surface area contributed by atoms with Gasteiger partial charge >= 0.3 is 0 Å². The van der Waals surface area contributed by atoms with Crippen molar-refractivity contribution in [3.63, 3.8) is 0 Å². The fourth-order valence-corrected chi connectivity index (χ4v) is 4.03. The second-order valence-corrected chi connectivity index (χ2v) is 7.48. The zero-order valence-electron chi connectivity index (χ0n) is 13.9. The minimum atomic E-state index is -0.114. The first-order chi connectivity index (χ1) is 12.5. The molecule has 0 spiro atoms. The fraction of sp³-hybridized carbons (Fsp3) is 0.0952. The summed E-state index contributed by atoms with van der Waals surface area (Å²) in [5.41, 5.74) is 4.97. The Balaban J connectivity index is 1.84. The van der Waals surface area contributed by atoms with Gasteiger partial charge in [-0.1, -0.05) is 39.7 Å². The average Bonchev–Trinajstić information content (AvgIpc) is 2.93. The van der Waals surface area contributed by atoms with Crippen LogP contribution in [0.25, 0.3) is 16.6 Å². The molecule has 2 heterocycles. The highest BCUT2D eigenvalue weighted by molar-refractivity contribution is 9.10. The van der Waals surface area contributed by atoms with Crippen LogP contribution in [0.2, 0.25) is 0 Å². The molecule has 0 radical (unpaired) electrons. The molecule has 0 atom stereocenters. The van der Waals surface area contributed by atoms with E-state index in [9.17, 15) is 9.59 Å². The molecule has 5 rings (SSSR count). The number of hydrogen-bond acceptors (Lipinski definition) is 3. The minimum absolute atomic E-state index is 0.0478. The summed E-state index contributed by atoms with van der Waals surface area (Å²) in [6.07, 6.45) is 2.09. The van der Waals surface area contributed by atoms with Crippen LogP contribution in [0.1, 0.15) is 38.4 Å². The van der Waals surface area contributed by atoms with E-state index < -0.39 is 0 Å². The summed E-state index contributed by atoms with van der Waals surface area (Å²) >= 11 is 3.47. The summed E-state index contributed by atoms with van der Waals surface area (Å²) in [7, 11) is 0. The molecule has 0 fully saturated rings. The Morgan fingerprint density at radius 1 is 1.04 bits per heavy atom. The van der Waals surface area contributed by atoms with Crippen molar-refractivity contribution in [3.8, 4) is 0 Å². The Morgan fingerprint density at radius 3 is 2.58 bits per heavy atom. The van der Waals surface area contributed by atoms with E-state index >= 15 is 0 Å². The zero-order valence-corrected chi connectivity index (χ0v) is 15.5. The number of hydrogen-bond donors (Lipinski definition) is 0. The number of anilines is 1. The van der Waals surface area contributed by atoms with E-state index in [1.54, 1.807) is 4.90 Å². The Kier molecular flexibility index (Phi) is 3.18. The topological polar surface area (TPSA) is 50.3 Å². The minimum Gasteiger partial charge on any atom is -0.292 e. The second-order valence-electron chi connectivity index (χ2n) is 6.56. The highest BCUT2D eigenvalue weighted by Gasteiger charge is 2.40. The maximum atomic E-state index is 13.4. The lowest BCUT2D eigenvalue weighted by Crippen LogP contribution is -2.23. The Labute approximate surface area is 158 Å². The molecule has 2 aromatic carbocycles. The van der Waals surface area contributed by atoms with Crippen LogP contribution in [0.5, 0.6) is 0 Å². The van der Waals surface area contributed by atoms with Crippen LogP contribution in [0.4, 0.5) is 5.69 Å². The molecule has 0 saturated heterocycles. The van der Waals surface area contributed by atoms with E-state index in [2.05, 4.69) is 20.9 Å². The molecule has 1 aliphatic carbocycles. The third-order valence-corrected chi connectivity index (χ3v) is 5.39. The summed E-state index contributed by atoms with van der Waals surface area (Å²) in [5, 5.41) is 0.762. The number of ketones is 1. The van der Waals surface area contributed by atoms with Gasteiger partial charge < -0.3 is 0 Å². The van der Waals surface area contributed by atoms with E-state index in [0.29, 0.717) is 22.3 Å². The van der Waals surface area contributed by atoms with Gasteiger partial charge in [0.15, 0.2) is 5.78 Å². The number of carbonyl (C=O) groups excluding carboxylic acids is 2. The molecule has 2 aliphatic rings. The highest BCUT2D eigenvalue weighted by atomic mass is 79.9. The fourth-order valence-electron chi connectivity index (χ4n) is 3.67. The smallest absolute Gasteiger partial charge is 0.264 e. The number of halogens is 1. The molecule has 0 saturated carbocycles. The number of aromatic nitrogens is 1. The summed E-state index contributed by atoms with van der Waals surface area (Å²) in [4.78, 5) is 32.1. The third-order valence-electron chi connectivity index (χ3n) is 4.90. The number of aryl methyl sites for hydroxylation is 1. The van der Waals surface area contributed by atoms with Gasteiger partial charge in [0.05, 0.1) is 16.8 Å². The molecule has 4 nitrogen and oxygen atoms in total. The number of pyridine rings is 1. The normalized spacial score (nSPS) is 15.5. The quantitative estimate of drug-likeness (QED) is 0.579. The maximum Gasteiger partial charge on any atom is 0.264 e. The molecular weight excluding hydrogens is 392 g/mol. The molecule has 3 aromatic rings. The van der Waals surface area contributed by atoms with Gasteiger partial charge in [-0.25, -0.2) is 4.98 Å². The van der Waals surface area contributed by atoms with E-state index in [-0.39, 0.29) is 18.1 Å². The van der Waals surface area contributed by atoms with Crippen LogP contribution in [0.15, 0.2) is 53.0 Å². The van der Waals surface area contributed by atoms with E-state index in [4.69, 9.17) is 0 Å². The lowest BCUT2D eigenvalue weighted by molar-refractivity contribution is 0.0987. The number of amides is 1. The van der Waals surface area contributed by atoms with Crippen molar-refractivity contribution in [1.29, 1.82) is 0 Å². The average molecular weight is 405 g/mol. The third kappa shape index (κ3) is 2.04. The first kappa shape index (κ1) is 15.5. The molecule has 1 aliphatic heterocycles. The first-order valence-corrected chi connectivity index (χ1v) is 9.12. The van der Waals surface area contributed by atoms with Crippen LogP contribution < -0.4 is 4.90 Å². The van der Waals surface area contributed by atoms with E-state index in [1.807, 2.05) is 55.5 Å². The number of carbonyl (C=O) groups is 2. The van der Waals surface area contributed by atoms with Gasteiger partial charge in [-0.2, -0.15) is 0 Å². The van der Waals surface area contributed by atoms with Crippen molar-refractivity contribution in [2.75, 3.05) is 4.90 Å². The SMILES string of the molecule is Cc1ccc(N2C(=O)c3c4c(nc5ccc(Br)cc35)C(=O)CC=C42)cc1. The van der Waals surface area contributed by atoms with Gasteiger partial charge in [0.25, 0.3) is 5.91 Å². The summed E-state index contributed by atoms with van der Waals surface area (Å²) < 4.78 is 0.872. The van der Waals surface area contributed by atoms with Crippen molar-refractivity contribution in [2.24, 2.45) is 0 Å². The lowest BCUT2D eigenvalue weighted by atomic mass is 9.94. The molecule has 1 aromatic heterocycles. The highest BCUT2D eigenvalue weighted by Crippen LogP contribution is 2.44. The first-order valence-electron chi connectivity index (χ1n) is 8.33. The Morgan fingerprint density at radius 2 is 1.81 bits per heavy atom. The predicted molar refractivity (Wildman–Crippen MR) is 104 cm³/mol. The van der Waals surface area contributed by atoms with Crippen LogP contribution >= 0.6 is 15.9 Å². The summed E-state index contributed by atoms with van der Waals surface area (Å²) in [6, 6.07) is 13.4. The number of Topliss-reactive ketones (excluding diaryl/α,β-unsaturated/α-hetero) is 1. The van der Waals surface area contributed by atoms with Crippen molar-refractivity contribution in [3.05, 3.63) is 75.4 Å². The summed E-state index contributed by atoms with van der Waals surface area (Å²) in [5.74, 6) is -0.162. The van der Waals surface area contributed by atoms with Crippen molar-refractivity contribution >= 4 is 49.9 Å². The molecule has 26 heavy (non-hydrogen) atoms. The largest absolute Gasteiger partial charge is 0.292 e. The molecule has 1 amide bonds. The van der Waals surface area contributed by atoms with E-state index in [0.717, 1.165) is 26.8 Å². The van der Waals surface area contributed by atoms with E-state index in [1.165, 1.54) is 0 Å². The van der Waals surface area contributed by atoms with Gasteiger partial charge in [-0.3, -0.25) is 14.5 Å². The van der Waals surface area contributed by atoms with Gasteiger partial charge in [0, 0.05) is 27.5 Å². The van der Waals surface area contributed by atoms with Gasteiger partial charge in [-0.05, 0) is 37.3 Å². The molecule has 0 unspecified atom stereocenters. The maximum absolute atomic E-state index is 13.4. The molecule has 0 N–H and O–H groups in total. The number of allylic oxidation sites excluding steroid dienone is 1. The molecular formula is C21H13BrN2O2. The lowest BCUT2D eigenvalue weighted by Gasteiger charge is -2.21. The van der Waals surface area contributed by atoms with Crippen LogP contribution in [0, 0.1) is 6.92 Å². The molecule has 0 bridgehead atoms. The second kappa shape index (κ2) is 5.35. The predicted octanol–water partition coefficient (Wildman–Crippen LogP) is 4.89. The molecule has 126 valence electrons. The number of rotatable bonds is 1. The van der Waals surface area contributed by atoms with Crippen molar-refractivity contribution < 1.29 is 9.59 Å². The van der Waals surface area contributed by atoms with Gasteiger partial charge in [0.2, 0.25) is 0 Å². The van der Waals surface area contributed by atoms with Crippen molar-refractivity contribution in [1.82, 2.24) is 4.98 Å². The monoisotopic (exact) mass is 404 g/mol. The number of fused-ring (bicyclic) bond motifs is 2. The zero-order chi connectivity index (χ0) is 18.0. The van der Waals surface area contributed by atoms with Crippen molar-refractivity contribution in [2.45, 2.75) is 13.3 Å². The Bertz CT molecular complexity index is 1160. The number of nitrogens with zero attached hydrogens (tertiary/aromatic N) is 2.